The first-order valence-electron chi connectivity index (χ1n) is 7.90. The van der Waals surface area contributed by atoms with Gasteiger partial charge in [-0.2, -0.15) is 0 Å². The van der Waals surface area contributed by atoms with Crippen molar-refractivity contribution >= 4 is 5.91 Å². The number of hydrogen-bond donors (Lipinski definition) is 2. The lowest BCUT2D eigenvalue weighted by Gasteiger charge is -2.27. The van der Waals surface area contributed by atoms with Crippen molar-refractivity contribution < 1.29 is 14.3 Å². The first-order chi connectivity index (χ1) is 10.6. The number of hydrogen-bond acceptors (Lipinski definition) is 4. The van der Waals surface area contributed by atoms with Crippen LogP contribution in [0, 0.1) is 12.8 Å². The Hall–Kier alpha value is -1.59. The lowest BCUT2D eigenvalue weighted by atomic mass is 9.92. The highest BCUT2D eigenvalue weighted by Gasteiger charge is 2.26. The second-order valence-electron chi connectivity index (χ2n) is 5.97. The third-order valence-electron chi connectivity index (χ3n) is 3.97. The lowest BCUT2D eigenvalue weighted by molar-refractivity contribution is -0.124. The first kappa shape index (κ1) is 16.8. The zero-order valence-electron chi connectivity index (χ0n) is 13.4. The van der Waals surface area contributed by atoms with Gasteiger partial charge in [-0.05, 0) is 50.3 Å². The molecule has 1 aromatic carbocycles. The molecular formula is C17H26N2O3. The van der Waals surface area contributed by atoms with Gasteiger partial charge >= 0.3 is 0 Å². The number of carbonyl (C=O) groups is 1. The Morgan fingerprint density at radius 1 is 1.45 bits per heavy atom. The van der Waals surface area contributed by atoms with Crippen LogP contribution >= 0.6 is 0 Å². The Balaban J connectivity index is 1.75. The van der Waals surface area contributed by atoms with E-state index in [1.807, 2.05) is 38.1 Å². The number of rotatable bonds is 6. The van der Waals surface area contributed by atoms with E-state index in [1.54, 1.807) is 0 Å². The number of ether oxygens (including phenoxy) is 2. The predicted molar refractivity (Wildman–Crippen MR) is 85.8 cm³/mol. The fourth-order valence-electron chi connectivity index (χ4n) is 2.61. The van der Waals surface area contributed by atoms with Gasteiger partial charge in [0.25, 0.3) is 0 Å². The van der Waals surface area contributed by atoms with Crippen molar-refractivity contribution in [2.75, 3.05) is 19.8 Å². The van der Waals surface area contributed by atoms with E-state index in [-0.39, 0.29) is 17.9 Å². The second kappa shape index (κ2) is 8.15. The normalized spacial score (nSPS) is 18.5. The molecule has 1 aliphatic heterocycles. The molecule has 1 aliphatic rings. The molecule has 0 radical (unpaired) electrons. The van der Waals surface area contributed by atoms with E-state index in [0.717, 1.165) is 24.2 Å². The molecule has 2 rings (SSSR count). The average Bonchev–Trinajstić information content (AvgIpc) is 2.52. The van der Waals surface area contributed by atoms with E-state index in [1.165, 1.54) is 0 Å². The molecule has 2 atom stereocenters. The van der Waals surface area contributed by atoms with Crippen LogP contribution in [-0.2, 0) is 9.53 Å². The molecule has 1 saturated heterocycles. The van der Waals surface area contributed by atoms with Crippen molar-refractivity contribution in [2.24, 2.45) is 11.7 Å². The smallest absolute Gasteiger partial charge is 0.237 e. The van der Waals surface area contributed by atoms with Gasteiger partial charge in [0.15, 0.2) is 0 Å². The zero-order chi connectivity index (χ0) is 15.9. The zero-order valence-corrected chi connectivity index (χ0v) is 13.4. The summed E-state index contributed by atoms with van der Waals surface area (Å²) in [4.78, 5) is 12.1. The first-order valence-corrected chi connectivity index (χ1v) is 7.90. The summed E-state index contributed by atoms with van der Waals surface area (Å²) in [6, 6.07) is 7.41. The van der Waals surface area contributed by atoms with Crippen LogP contribution in [0.1, 0.15) is 25.3 Å². The maximum absolute atomic E-state index is 12.1. The Morgan fingerprint density at radius 2 is 2.18 bits per heavy atom. The molecule has 3 N–H and O–H groups in total. The maximum Gasteiger partial charge on any atom is 0.237 e. The van der Waals surface area contributed by atoms with Gasteiger partial charge in [0.2, 0.25) is 5.91 Å². The van der Waals surface area contributed by atoms with Crippen molar-refractivity contribution in [3.05, 3.63) is 29.8 Å². The molecule has 1 fully saturated rings. The summed E-state index contributed by atoms with van der Waals surface area (Å²) in [5.41, 5.74) is 7.19. The SMILES string of the molecule is Cc1cccc(OC(C)CNC(=O)C(N)C2CCOCC2)c1. The molecule has 5 nitrogen and oxygen atoms in total. The van der Waals surface area contributed by atoms with E-state index in [9.17, 15) is 4.79 Å². The molecule has 0 spiro atoms. The van der Waals surface area contributed by atoms with Crippen LogP contribution in [0.25, 0.3) is 0 Å². The van der Waals surface area contributed by atoms with Gasteiger partial charge in [-0.3, -0.25) is 4.79 Å². The Bertz CT molecular complexity index is 487. The van der Waals surface area contributed by atoms with E-state index in [4.69, 9.17) is 15.2 Å². The summed E-state index contributed by atoms with van der Waals surface area (Å²) in [5.74, 6) is 0.920. The number of aryl methyl sites for hydroxylation is 1. The standard InChI is InChI=1S/C17H26N2O3/c1-12-4-3-5-15(10-12)22-13(2)11-19-17(20)16(18)14-6-8-21-9-7-14/h3-5,10,13-14,16H,6-9,11,18H2,1-2H3,(H,19,20). The highest BCUT2D eigenvalue weighted by Crippen LogP contribution is 2.18. The van der Waals surface area contributed by atoms with E-state index >= 15 is 0 Å². The van der Waals surface area contributed by atoms with Crippen LogP contribution in [-0.4, -0.2) is 37.8 Å². The molecule has 5 heteroatoms. The van der Waals surface area contributed by atoms with E-state index < -0.39 is 6.04 Å². The maximum atomic E-state index is 12.1. The van der Waals surface area contributed by atoms with Crippen molar-refractivity contribution in [1.82, 2.24) is 5.32 Å². The molecule has 0 aromatic heterocycles. The molecule has 1 aromatic rings. The molecule has 2 unspecified atom stereocenters. The Morgan fingerprint density at radius 3 is 2.86 bits per heavy atom. The summed E-state index contributed by atoms with van der Waals surface area (Å²) in [7, 11) is 0. The van der Waals surface area contributed by atoms with E-state index in [0.29, 0.717) is 19.8 Å². The minimum Gasteiger partial charge on any atom is -0.489 e. The third kappa shape index (κ3) is 5.00. The predicted octanol–water partition coefficient (Wildman–Crippen LogP) is 1.63. The van der Waals surface area contributed by atoms with Crippen LogP contribution < -0.4 is 15.8 Å². The van der Waals surface area contributed by atoms with Gasteiger partial charge in [0, 0.05) is 13.2 Å². The molecule has 0 aliphatic carbocycles. The van der Waals surface area contributed by atoms with Crippen molar-refractivity contribution in [3.63, 3.8) is 0 Å². The molecule has 1 heterocycles. The molecular weight excluding hydrogens is 280 g/mol. The molecule has 1 amide bonds. The number of carbonyl (C=O) groups excluding carboxylic acids is 1. The van der Waals surface area contributed by atoms with Gasteiger partial charge in [0.05, 0.1) is 12.6 Å². The van der Waals surface area contributed by atoms with Gasteiger partial charge in [-0.25, -0.2) is 0 Å². The summed E-state index contributed by atoms with van der Waals surface area (Å²) in [6.07, 6.45) is 1.60. The molecule has 122 valence electrons. The van der Waals surface area contributed by atoms with Gasteiger partial charge in [0.1, 0.15) is 11.9 Å². The van der Waals surface area contributed by atoms with Gasteiger partial charge in [-0.1, -0.05) is 12.1 Å². The van der Waals surface area contributed by atoms with Gasteiger partial charge in [-0.15, -0.1) is 0 Å². The summed E-state index contributed by atoms with van der Waals surface area (Å²) in [6.45, 7) is 5.79. The van der Waals surface area contributed by atoms with Crippen molar-refractivity contribution in [3.8, 4) is 5.75 Å². The highest BCUT2D eigenvalue weighted by molar-refractivity contribution is 5.81. The Kier molecular flexibility index (Phi) is 6.21. The van der Waals surface area contributed by atoms with Crippen LogP contribution in [0.2, 0.25) is 0 Å². The van der Waals surface area contributed by atoms with Gasteiger partial charge < -0.3 is 20.5 Å². The van der Waals surface area contributed by atoms with Crippen molar-refractivity contribution in [2.45, 2.75) is 38.8 Å². The molecule has 0 saturated carbocycles. The fraction of sp³-hybridized carbons (Fsp3) is 0.588. The minimum absolute atomic E-state index is 0.104. The Labute approximate surface area is 132 Å². The quantitative estimate of drug-likeness (QED) is 0.838. The fourth-order valence-corrected chi connectivity index (χ4v) is 2.61. The number of benzene rings is 1. The lowest BCUT2D eigenvalue weighted by Crippen LogP contribution is -2.48. The van der Waals surface area contributed by atoms with Crippen LogP contribution in [0.15, 0.2) is 24.3 Å². The monoisotopic (exact) mass is 306 g/mol. The topological polar surface area (TPSA) is 73.6 Å². The number of nitrogens with one attached hydrogen (secondary N) is 1. The number of amides is 1. The molecule has 22 heavy (non-hydrogen) atoms. The van der Waals surface area contributed by atoms with Crippen molar-refractivity contribution in [1.29, 1.82) is 0 Å². The van der Waals surface area contributed by atoms with Crippen LogP contribution in [0.3, 0.4) is 0 Å². The molecule has 0 bridgehead atoms. The largest absolute Gasteiger partial charge is 0.489 e. The third-order valence-corrected chi connectivity index (χ3v) is 3.97. The highest BCUT2D eigenvalue weighted by atomic mass is 16.5. The average molecular weight is 306 g/mol. The van der Waals surface area contributed by atoms with Crippen LogP contribution in [0.4, 0.5) is 0 Å². The van der Waals surface area contributed by atoms with E-state index in [2.05, 4.69) is 5.32 Å². The second-order valence-corrected chi connectivity index (χ2v) is 5.97. The summed E-state index contributed by atoms with van der Waals surface area (Å²) < 4.78 is 11.1. The minimum atomic E-state index is -0.463. The summed E-state index contributed by atoms with van der Waals surface area (Å²) >= 11 is 0. The van der Waals surface area contributed by atoms with Crippen LogP contribution in [0.5, 0.6) is 5.75 Å². The summed E-state index contributed by atoms with van der Waals surface area (Å²) in [5, 5.41) is 2.88. The number of nitrogens with two attached hydrogens (primary N) is 1.